The third kappa shape index (κ3) is 2.99. The molecule has 0 saturated heterocycles. The van der Waals surface area contributed by atoms with Crippen molar-refractivity contribution >= 4 is 17.4 Å². The molecule has 30 heavy (non-hydrogen) atoms. The maximum Gasteiger partial charge on any atom is 0.226 e. The van der Waals surface area contributed by atoms with Crippen LogP contribution in [0.2, 0.25) is 0 Å². The van der Waals surface area contributed by atoms with Gasteiger partial charge in [-0.2, -0.15) is 14.3 Å². The van der Waals surface area contributed by atoms with Crippen molar-refractivity contribution in [2.24, 2.45) is 0 Å². The summed E-state index contributed by atoms with van der Waals surface area (Å²) in [4.78, 5) is 12.6. The van der Waals surface area contributed by atoms with Crippen molar-refractivity contribution in [3.63, 3.8) is 0 Å². The number of carbonyl (C=O) groups excluding carboxylic acids is 1. The smallest absolute Gasteiger partial charge is 0.226 e. The highest BCUT2D eigenvalue weighted by Gasteiger charge is 2.32. The third-order valence-corrected chi connectivity index (χ3v) is 5.10. The number of rotatable bonds is 4. The Balaban J connectivity index is 1.61. The van der Waals surface area contributed by atoms with E-state index in [2.05, 4.69) is 25.7 Å². The van der Waals surface area contributed by atoms with E-state index >= 15 is 0 Å². The summed E-state index contributed by atoms with van der Waals surface area (Å²) in [6.07, 6.45) is 2.15. The molecule has 1 aromatic carbocycles. The van der Waals surface area contributed by atoms with Crippen LogP contribution in [0.15, 0.2) is 42.6 Å². The molecule has 0 saturated carbocycles. The number of para-hydroxylation sites is 1. The Bertz CT molecular complexity index is 1260. The molecule has 9 nitrogen and oxygen atoms in total. The van der Waals surface area contributed by atoms with E-state index in [-0.39, 0.29) is 17.9 Å². The first-order valence-corrected chi connectivity index (χ1v) is 9.84. The average molecular weight is 403 g/mol. The van der Waals surface area contributed by atoms with Crippen LogP contribution in [-0.2, 0) is 4.79 Å². The second-order valence-corrected chi connectivity index (χ2v) is 7.58. The van der Waals surface area contributed by atoms with Gasteiger partial charge in [0.25, 0.3) is 0 Å². The first kappa shape index (κ1) is 18.3. The van der Waals surface area contributed by atoms with Crippen LogP contribution in [0.5, 0.6) is 5.75 Å². The lowest BCUT2D eigenvalue weighted by atomic mass is 9.87. The van der Waals surface area contributed by atoms with Crippen LogP contribution in [0.3, 0.4) is 0 Å². The van der Waals surface area contributed by atoms with E-state index in [0.717, 1.165) is 16.9 Å². The van der Waals surface area contributed by atoms with Crippen molar-refractivity contribution in [2.45, 2.75) is 39.2 Å². The monoisotopic (exact) mass is 403 g/mol. The molecular formula is C21H21N7O2. The molecule has 1 aliphatic heterocycles. The molecule has 1 N–H and O–H groups in total. The second-order valence-electron chi connectivity index (χ2n) is 7.58. The minimum Gasteiger partial charge on any atom is -0.491 e. The standard InChI is InChI=1S/C21H21N7O2/c1-12(2)30-17-7-5-4-6-14(17)15-10-20(29)23-21-16(15)11-22-28(21)19-9-8-18-25-24-13(3)27(18)26-19/h4-9,11-12,15H,10H2,1-3H3,(H,23,29)/t15-/m1/s1. The number of nitrogens with zero attached hydrogens (tertiary/aromatic N) is 6. The lowest BCUT2D eigenvalue weighted by Crippen LogP contribution is -2.25. The predicted octanol–water partition coefficient (Wildman–Crippen LogP) is 2.88. The number of aryl methyl sites for hydroxylation is 1. The summed E-state index contributed by atoms with van der Waals surface area (Å²) in [6.45, 7) is 5.81. The van der Waals surface area contributed by atoms with E-state index in [0.29, 0.717) is 29.5 Å². The average Bonchev–Trinajstić information content (AvgIpc) is 3.31. The fraction of sp³-hybridized carbons (Fsp3) is 0.286. The fourth-order valence-corrected chi connectivity index (χ4v) is 3.80. The molecule has 0 unspecified atom stereocenters. The topological polar surface area (TPSA) is 99.2 Å². The lowest BCUT2D eigenvalue weighted by molar-refractivity contribution is -0.116. The molecule has 0 spiro atoms. The zero-order valence-corrected chi connectivity index (χ0v) is 16.9. The van der Waals surface area contributed by atoms with Gasteiger partial charge in [0, 0.05) is 23.5 Å². The number of nitrogens with one attached hydrogen (secondary N) is 1. The maximum absolute atomic E-state index is 12.6. The molecular weight excluding hydrogens is 382 g/mol. The summed E-state index contributed by atoms with van der Waals surface area (Å²) < 4.78 is 9.30. The molecule has 4 heterocycles. The number of ether oxygens (including phenoxy) is 1. The molecule has 4 aromatic rings. The number of benzene rings is 1. The highest BCUT2D eigenvalue weighted by atomic mass is 16.5. The second kappa shape index (κ2) is 6.94. The van der Waals surface area contributed by atoms with Crippen molar-refractivity contribution in [3.05, 3.63) is 59.5 Å². The minimum absolute atomic E-state index is 0.0358. The highest BCUT2D eigenvalue weighted by molar-refractivity contribution is 5.94. The quantitative estimate of drug-likeness (QED) is 0.562. The minimum atomic E-state index is -0.155. The molecule has 0 radical (unpaired) electrons. The molecule has 152 valence electrons. The number of amides is 1. The van der Waals surface area contributed by atoms with Crippen LogP contribution in [0, 0.1) is 6.92 Å². The Labute approximate surface area is 172 Å². The number of hydrogen-bond acceptors (Lipinski definition) is 6. The van der Waals surface area contributed by atoms with Crippen LogP contribution in [0.4, 0.5) is 5.82 Å². The Kier molecular flexibility index (Phi) is 4.23. The van der Waals surface area contributed by atoms with E-state index in [4.69, 9.17) is 4.74 Å². The summed E-state index contributed by atoms with van der Waals surface area (Å²) in [5, 5.41) is 20.2. The van der Waals surface area contributed by atoms with Gasteiger partial charge in [-0.1, -0.05) is 18.2 Å². The van der Waals surface area contributed by atoms with Crippen molar-refractivity contribution in [1.82, 2.24) is 29.6 Å². The van der Waals surface area contributed by atoms with E-state index in [1.807, 2.05) is 57.2 Å². The van der Waals surface area contributed by atoms with Crippen LogP contribution in [0.25, 0.3) is 11.5 Å². The first-order chi connectivity index (χ1) is 14.5. The number of fused-ring (bicyclic) bond motifs is 2. The molecule has 9 heteroatoms. The van der Waals surface area contributed by atoms with E-state index < -0.39 is 0 Å². The van der Waals surface area contributed by atoms with Crippen molar-refractivity contribution in [2.75, 3.05) is 5.32 Å². The molecule has 1 atom stereocenters. The van der Waals surface area contributed by atoms with Gasteiger partial charge in [-0.15, -0.1) is 15.3 Å². The first-order valence-electron chi connectivity index (χ1n) is 9.84. The van der Waals surface area contributed by atoms with Crippen molar-refractivity contribution < 1.29 is 9.53 Å². The van der Waals surface area contributed by atoms with Crippen LogP contribution >= 0.6 is 0 Å². The zero-order valence-electron chi connectivity index (χ0n) is 16.9. The SMILES string of the molecule is Cc1nnc2ccc(-n3ncc4c3NC(=O)C[C@@H]4c3ccccc3OC(C)C)nn12. The predicted molar refractivity (Wildman–Crippen MR) is 110 cm³/mol. The Hall–Kier alpha value is -3.75. The van der Waals surface area contributed by atoms with Crippen molar-refractivity contribution in [1.29, 1.82) is 0 Å². The van der Waals surface area contributed by atoms with Gasteiger partial charge < -0.3 is 10.1 Å². The molecule has 1 aliphatic rings. The van der Waals surface area contributed by atoms with E-state index in [1.165, 1.54) is 0 Å². The van der Waals surface area contributed by atoms with Gasteiger partial charge in [0.1, 0.15) is 11.6 Å². The zero-order chi connectivity index (χ0) is 20.8. The fourth-order valence-electron chi connectivity index (χ4n) is 3.80. The van der Waals surface area contributed by atoms with E-state index in [9.17, 15) is 4.79 Å². The molecule has 1 amide bonds. The summed E-state index contributed by atoms with van der Waals surface area (Å²) >= 11 is 0. The summed E-state index contributed by atoms with van der Waals surface area (Å²) in [7, 11) is 0. The molecule has 5 rings (SSSR count). The maximum atomic E-state index is 12.6. The number of carbonyl (C=O) groups is 1. The van der Waals surface area contributed by atoms with Crippen molar-refractivity contribution in [3.8, 4) is 11.6 Å². The van der Waals surface area contributed by atoms with Crippen LogP contribution < -0.4 is 10.1 Å². The summed E-state index contributed by atoms with van der Waals surface area (Å²) in [5.74, 6) is 2.42. The number of anilines is 1. The molecule has 0 aliphatic carbocycles. The Morgan fingerprint density at radius 2 is 1.97 bits per heavy atom. The molecule has 3 aromatic heterocycles. The Morgan fingerprint density at radius 3 is 2.80 bits per heavy atom. The molecule has 0 bridgehead atoms. The van der Waals surface area contributed by atoms with Gasteiger partial charge in [0.15, 0.2) is 17.3 Å². The molecule has 0 fully saturated rings. The summed E-state index contributed by atoms with van der Waals surface area (Å²) in [6, 6.07) is 11.5. The van der Waals surface area contributed by atoms with Gasteiger partial charge in [-0.25, -0.2) is 0 Å². The van der Waals surface area contributed by atoms with Gasteiger partial charge in [0.2, 0.25) is 5.91 Å². The largest absolute Gasteiger partial charge is 0.491 e. The van der Waals surface area contributed by atoms with Gasteiger partial charge >= 0.3 is 0 Å². The van der Waals surface area contributed by atoms with Gasteiger partial charge in [-0.3, -0.25) is 4.79 Å². The number of hydrogen-bond donors (Lipinski definition) is 1. The van der Waals surface area contributed by atoms with Crippen LogP contribution in [-0.4, -0.2) is 41.6 Å². The van der Waals surface area contributed by atoms with Crippen LogP contribution in [0.1, 0.15) is 43.1 Å². The van der Waals surface area contributed by atoms with E-state index in [1.54, 1.807) is 15.4 Å². The highest BCUT2D eigenvalue weighted by Crippen LogP contribution is 2.41. The summed E-state index contributed by atoms with van der Waals surface area (Å²) in [5.41, 5.74) is 2.55. The normalized spacial score (nSPS) is 16.0. The Morgan fingerprint density at radius 1 is 1.13 bits per heavy atom. The number of aromatic nitrogens is 6. The van der Waals surface area contributed by atoms with Gasteiger partial charge in [0.05, 0.1) is 12.3 Å². The lowest BCUT2D eigenvalue weighted by Gasteiger charge is -2.25. The third-order valence-electron chi connectivity index (χ3n) is 5.10. The van der Waals surface area contributed by atoms with Gasteiger partial charge in [-0.05, 0) is 39.0 Å².